The Bertz CT molecular complexity index is 1040. The maximum absolute atomic E-state index is 10.4. The maximum atomic E-state index is 10.4. The number of fused-ring (bicyclic) bond motifs is 1. The van der Waals surface area contributed by atoms with Crippen molar-refractivity contribution in [3.63, 3.8) is 0 Å². The lowest BCUT2D eigenvalue weighted by Crippen LogP contribution is -2.18. The van der Waals surface area contributed by atoms with Crippen LogP contribution in [-0.2, 0) is 11.3 Å². The van der Waals surface area contributed by atoms with E-state index in [9.17, 15) is 5.11 Å². The average Bonchev–Trinajstić information content (AvgIpc) is 3.44. The number of aliphatic hydroxyl groups is 1. The summed E-state index contributed by atoms with van der Waals surface area (Å²) in [5.41, 5.74) is 1.93. The second-order valence-electron chi connectivity index (χ2n) is 7.67. The molecule has 1 aliphatic heterocycles. The number of hydrogen-bond acceptors (Lipinski definition) is 8. The van der Waals surface area contributed by atoms with E-state index in [1.54, 1.807) is 7.11 Å². The summed E-state index contributed by atoms with van der Waals surface area (Å²) in [6.45, 7) is 5.04. The predicted molar refractivity (Wildman–Crippen MR) is 121 cm³/mol. The quantitative estimate of drug-likeness (QED) is 0.458. The van der Waals surface area contributed by atoms with Crippen LogP contribution in [0, 0.1) is 0 Å². The fraction of sp³-hybridized carbons (Fsp3) is 0.391. The first-order valence-corrected chi connectivity index (χ1v) is 11.4. The van der Waals surface area contributed by atoms with Crippen molar-refractivity contribution in [3.8, 4) is 28.6 Å². The largest absolute Gasteiger partial charge is 0.497 e. The predicted octanol–water partition coefficient (Wildman–Crippen LogP) is 3.93. The summed E-state index contributed by atoms with van der Waals surface area (Å²) in [6.07, 6.45) is -0.629. The Morgan fingerprint density at radius 1 is 1.09 bits per heavy atom. The lowest BCUT2D eigenvalue weighted by Gasteiger charge is -2.15. The normalized spacial score (nSPS) is 13.5. The fourth-order valence-corrected chi connectivity index (χ4v) is 4.31. The summed E-state index contributed by atoms with van der Waals surface area (Å²) in [7, 11) is 1.64. The first kappa shape index (κ1) is 22.4. The third-order valence-corrected chi connectivity index (χ3v) is 6.04. The maximum Gasteiger partial charge on any atom is 0.231 e. The highest BCUT2D eigenvalue weighted by Gasteiger charge is 2.18. The highest BCUT2D eigenvalue weighted by molar-refractivity contribution is 7.99. The van der Waals surface area contributed by atoms with E-state index < -0.39 is 6.10 Å². The van der Waals surface area contributed by atoms with Crippen LogP contribution in [0.3, 0.4) is 0 Å². The molecule has 1 atom stereocenters. The molecule has 1 N–H and O–H groups in total. The molecule has 0 saturated heterocycles. The molecule has 9 heteroatoms. The van der Waals surface area contributed by atoms with Gasteiger partial charge in [-0.05, 0) is 55.8 Å². The molecule has 3 aromatic rings. The third kappa shape index (κ3) is 5.17. The molecule has 0 amide bonds. The van der Waals surface area contributed by atoms with Crippen LogP contribution < -0.4 is 14.2 Å². The number of hydrogen-bond donors (Lipinski definition) is 1. The first-order valence-electron chi connectivity index (χ1n) is 10.4. The van der Waals surface area contributed by atoms with Gasteiger partial charge in [0.2, 0.25) is 6.79 Å². The third-order valence-electron chi connectivity index (χ3n) is 4.95. The minimum atomic E-state index is -0.629. The van der Waals surface area contributed by atoms with Crippen molar-refractivity contribution in [2.45, 2.75) is 37.8 Å². The van der Waals surface area contributed by atoms with E-state index in [1.165, 1.54) is 11.8 Å². The van der Waals surface area contributed by atoms with E-state index in [2.05, 4.69) is 28.6 Å². The number of methoxy groups -OCH3 is 1. The average molecular weight is 458 g/mol. The number of aromatic nitrogens is 3. The van der Waals surface area contributed by atoms with E-state index in [-0.39, 0.29) is 19.4 Å². The van der Waals surface area contributed by atoms with Crippen molar-refractivity contribution >= 4 is 11.8 Å². The Labute approximate surface area is 191 Å². The molecular formula is C23H27N3O5S. The zero-order chi connectivity index (χ0) is 22.5. The van der Waals surface area contributed by atoms with E-state index in [0.29, 0.717) is 12.4 Å². The summed E-state index contributed by atoms with van der Waals surface area (Å²) in [4.78, 5) is 0. The summed E-state index contributed by atoms with van der Waals surface area (Å²) < 4.78 is 23.7. The van der Waals surface area contributed by atoms with E-state index in [0.717, 1.165) is 39.4 Å². The molecule has 0 saturated carbocycles. The second kappa shape index (κ2) is 10.2. The summed E-state index contributed by atoms with van der Waals surface area (Å²) >= 11 is 1.47. The van der Waals surface area contributed by atoms with Crippen LogP contribution in [0.2, 0.25) is 0 Å². The van der Waals surface area contributed by atoms with Crippen LogP contribution in [0.1, 0.15) is 25.5 Å². The topological polar surface area (TPSA) is 87.9 Å². The summed E-state index contributed by atoms with van der Waals surface area (Å²) in [5, 5.41) is 19.9. The van der Waals surface area contributed by atoms with Gasteiger partial charge in [-0.25, -0.2) is 0 Å². The molecule has 4 rings (SSSR count). The van der Waals surface area contributed by atoms with Crippen molar-refractivity contribution in [1.82, 2.24) is 14.8 Å². The molecular weight excluding hydrogens is 430 g/mol. The standard InChI is InChI=1S/C23H27N3O5S/c1-15(2)26-22(17-5-7-19(28-3)8-6-17)24-25-23(26)32-13-18(27)12-29-11-16-4-9-20-21(10-16)31-14-30-20/h4-10,15,18,27H,11-14H2,1-3H3/t18-/m0/s1. The highest BCUT2D eigenvalue weighted by Crippen LogP contribution is 2.33. The van der Waals surface area contributed by atoms with Crippen LogP contribution in [0.5, 0.6) is 17.2 Å². The Morgan fingerprint density at radius 3 is 2.62 bits per heavy atom. The fourth-order valence-electron chi connectivity index (χ4n) is 3.34. The molecule has 2 aromatic carbocycles. The molecule has 1 aliphatic rings. The number of aliphatic hydroxyl groups excluding tert-OH is 1. The summed E-state index contributed by atoms with van der Waals surface area (Å²) in [5.74, 6) is 3.51. The number of rotatable bonds is 10. The van der Waals surface area contributed by atoms with Gasteiger partial charge in [0.15, 0.2) is 22.5 Å². The van der Waals surface area contributed by atoms with Crippen molar-refractivity contribution < 1.29 is 24.1 Å². The molecule has 0 fully saturated rings. The van der Waals surface area contributed by atoms with Crippen molar-refractivity contribution in [2.24, 2.45) is 0 Å². The van der Waals surface area contributed by atoms with Gasteiger partial charge in [0, 0.05) is 17.4 Å². The van der Waals surface area contributed by atoms with Gasteiger partial charge in [-0.1, -0.05) is 17.8 Å². The number of ether oxygens (including phenoxy) is 4. The molecule has 2 heterocycles. The molecule has 8 nitrogen and oxygen atoms in total. The van der Waals surface area contributed by atoms with Crippen LogP contribution >= 0.6 is 11.8 Å². The minimum absolute atomic E-state index is 0.170. The van der Waals surface area contributed by atoms with Gasteiger partial charge in [0.1, 0.15) is 5.75 Å². The molecule has 0 unspecified atom stereocenters. The van der Waals surface area contributed by atoms with E-state index in [4.69, 9.17) is 18.9 Å². The van der Waals surface area contributed by atoms with Crippen LogP contribution in [-0.4, -0.2) is 52.2 Å². The molecule has 0 spiro atoms. The van der Waals surface area contributed by atoms with Crippen LogP contribution in [0.25, 0.3) is 11.4 Å². The van der Waals surface area contributed by atoms with Gasteiger partial charge in [-0.2, -0.15) is 0 Å². The van der Waals surface area contributed by atoms with E-state index in [1.807, 2.05) is 42.5 Å². The zero-order valence-corrected chi connectivity index (χ0v) is 19.2. The Morgan fingerprint density at radius 2 is 1.88 bits per heavy atom. The van der Waals surface area contributed by atoms with Crippen molar-refractivity contribution in [1.29, 1.82) is 0 Å². The van der Waals surface area contributed by atoms with Crippen molar-refractivity contribution in [3.05, 3.63) is 48.0 Å². The Balaban J connectivity index is 1.32. The van der Waals surface area contributed by atoms with Crippen LogP contribution in [0.4, 0.5) is 0 Å². The van der Waals surface area contributed by atoms with E-state index >= 15 is 0 Å². The summed E-state index contributed by atoms with van der Waals surface area (Å²) in [6, 6.07) is 13.6. The Hall–Kier alpha value is -2.75. The molecule has 0 bridgehead atoms. The molecule has 32 heavy (non-hydrogen) atoms. The van der Waals surface area contributed by atoms with Gasteiger partial charge in [0.05, 0.1) is 26.4 Å². The Kier molecular flexibility index (Phi) is 7.19. The number of thioether (sulfide) groups is 1. The van der Waals surface area contributed by atoms with Gasteiger partial charge in [0.25, 0.3) is 0 Å². The second-order valence-corrected chi connectivity index (χ2v) is 8.65. The van der Waals surface area contributed by atoms with Gasteiger partial charge in [-0.15, -0.1) is 10.2 Å². The van der Waals surface area contributed by atoms with Crippen molar-refractivity contribution in [2.75, 3.05) is 26.3 Å². The smallest absolute Gasteiger partial charge is 0.231 e. The van der Waals surface area contributed by atoms with Gasteiger partial charge in [-0.3, -0.25) is 4.57 Å². The number of nitrogens with zero attached hydrogens (tertiary/aromatic N) is 3. The van der Waals surface area contributed by atoms with Gasteiger partial charge >= 0.3 is 0 Å². The molecule has 170 valence electrons. The molecule has 0 radical (unpaired) electrons. The zero-order valence-electron chi connectivity index (χ0n) is 18.4. The highest BCUT2D eigenvalue weighted by atomic mass is 32.2. The van der Waals surface area contributed by atoms with Gasteiger partial charge < -0.3 is 24.1 Å². The first-order chi connectivity index (χ1) is 15.5. The number of benzene rings is 2. The molecule has 0 aliphatic carbocycles. The minimum Gasteiger partial charge on any atom is -0.497 e. The lowest BCUT2D eigenvalue weighted by molar-refractivity contribution is 0.0397. The lowest BCUT2D eigenvalue weighted by atomic mass is 10.2. The SMILES string of the molecule is COc1ccc(-c2nnc(SC[C@@H](O)COCc3ccc4c(c3)OCO4)n2C(C)C)cc1. The monoisotopic (exact) mass is 457 g/mol. The van der Waals surface area contributed by atoms with Crippen LogP contribution in [0.15, 0.2) is 47.6 Å². The molecule has 1 aromatic heterocycles.